The molecule has 166 valence electrons. The molecule has 0 radical (unpaired) electrons. The number of carbonyl (C=O) groups is 1. The normalized spacial score (nSPS) is 10.5. The molecule has 6 heteroatoms. The molecule has 4 aromatic rings. The van der Waals surface area contributed by atoms with Gasteiger partial charge in [-0.3, -0.25) is 4.79 Å². The molecule has 0 atom stereocenters. The van der Waals surface area contributed by atoms with E-state index in [4.69, 9.17) is 0 Å². The lowest BCUT2D eigenvalue weighted by Gasteiger charge is -2.11. The molecule has 0 saturated carbocycles. The minimum Gasteiger partial charge on any atom is -0.340 e. The Morgan fingerprint density at radius 3 is 1.88 bits per heavy atom. The molecule has 6 nitrogen and oxygen atoms in total. The van der Waals surface area contributed by atoms with E-state index in [2.05, 4.69) is 45.0 Å². The smallest absolute Gasteiger partial charge is 0.255 e. The summed E-state index contributed by atoms with van der Waals surface area (Å²) >= 11 is 0. The molecule has 0 bridgehead atoms. The van der Waals surface area contributed by atoms with Gasteiger partial charge < -0.3 is 16.0 Å². The van der Waals surface area contributed by atoms with Crippen molar-refractivity contribution in [3.8, 4) is 0 Å². The van der Waals surface area contributed by atoms with Crippen molar-refractivity contribution in [2.75, 3.05) is 16.0 Å². The summed E-state index contributed by atoms with van der Waals surface area (Å²) < 4.78 is 0. The first-order valence-corrected chi connectivity index (χ1v) is 10.8. The summed E-state index contributed by atoms with van der Waals surface area (Å²) in [6, 6.07) is 23.3. The van der Waals surface area contributed by atoms with E-state index in [0.29, 0.717) is 17.3 Å². The first-order chi connectivity index (χ1) is 15.8. The van der Waals surface area contributed by atoms with Gasteiger partial charge in [0.25, 0.3) is 5.91 Å². The van der Waals surface area contributed by atoms with Crippen LogP contribution in [0.25, 0.3) is 0 Å². The maximum absolute atomic E-state index is 12.6. The van der Waals surface area contributed by atoms with Crippen LogP contribution in [0, 0.1) is 27.7 Å². The van der Waals surface area contributed by atoms with Gasteiger partial charge in [0.15, 0.2) is 0 Å². The molecule has 1 aromatic heterocycles. The predicted molar refractivity (Wildman–Crippen MR) is 135 cm³/mol. The highest BCUT2D eigenvalue weighted by atomic mass is 16.1. The molecule has 1 amide bonds. The summed E-state index contributed by atoms with van der Waals surface area (Å²) in [5.74, 6) is 1.08. The van der Waals surface area contributed by atoms with Crippen molar-refractivity contribution >= 4 is 34.7 Å². The summed E-state index contributed by atoms with van der Waals surface area (Å²) in [5.41, 5.74) is 7.34. The monoisotopic (exact) mass is 437 g/mol. The lowest BCUT2D eigenvalue weighted by Crippen LogP contribution is -2.12. The number of rotatable bonds is 6. The van der Waals surface area contributed by atoms with Crippen LogP contribution >= 0.6 is 0 Å². The molecule has 0 unspecified atom stereocenters. The van der Waals surface area contributed by atoms with Crippen molar-refractivity contribution in [1.82, 2.24) is 9.97 Å². The number of amides is 1. The molecule has 3 N–H and O–H groups in total. The van der Waals surface area contributed by atoms with Gasteiger partial charge in [-0.2, -0.15) is 4.98 Å². The molecular formula is C27H27N5O. The number of hydrogen-bond donors (Lipinski definition) is 3. The Balaban J connectivity index is 1.43. The van der Waals surface area contributed by atoms with E-state index in [0.717, 1.165) is 33.9 Å². The average Bonchev–Trinajstić information content (AvgIpc) is 2.76. The summed E-state index contributed by atoms with van der Waals surface area (Å²) in [7, 11) is 0. The highest BCUT2D eigenvalue weighted by molar-refractivity contribution is 6.04. The summed E-state index contributed by atoms with van der Waals surface area (Å²) in [5, 5.41) is 9.49. The van der Waals surface area contributed by atoms with Crippen molar-refractivity contribution in [3.05, 3.63) is 101 Å². The Bertz CT molecular complexity index is 1260. The second kappa shape index (κ2) is 9.53. The topological polar surface area (TPSA) is 78.9 Å². The number of aromatic nitrogens is 2. The van der Waals surface area contributed by atoms with E-state index in [1.54, 1.807) is 0 Å². The number of nitrogens with zero attached hydrogens (tertiary/aromatic N) is 2. The maximum atomic E-state index is 12.6. The first kappa shape index (κ1) is 22.0. The van der Waals surface area contributed by atoms with Crippen LogP contribution < -0.4 is 16.0 Å². The molecule has 1 heterocycles. The fraction of sp³-hybridized carbons (Fsp3) is 0.148. The summed E-state index contributed by atoms with van der Waals surface area (Å²) in [6.07, 6.45) is 0. The quantitative estimate of drug-likeness (QED) is 0.323. The number of anilines is 5. The zero-order valence-electron chi connectivity index (χ0n) is 19.2. The minimum absolute atomic E-state index is 0.128. The van der Waals surface area contributed by atoms with Crippen LogP contribution in [0.2, 0.25) is 0 Å². The number of carbonyl (C=O) groups excluding carboxylic acids is 1. The van der Waals surface area contributed by atoms with Gasteiger partial charge in [-0.1, -0.05) is 34.9 Å². The molecule has 0 spiro atoms. The van der Waals surface area contributed by atoms with Crippen LogP contribution in [-0.4, -0.2) is 15.9 Å². The van der Waals surface area contributed by atoms with E-state index >= 15 is 0 Å². The molecule has 4 rings (SSSR count). The molecule has 0 aliphatic heterocycles. The van der Waals surface area contributed by atoms with Gasteiger partial charge in [-0.15, -0.1) is 0 Å². The standard InChI is InChI=1S/C27H27N5O/c1-17-5-7-22(8-6-17)29-25-16-20(4)28-27(32-25)31-24-11-9-23(10-12-24)30-26(33)21-14-18(2)13-19(3)15-21/h5-16H,1-4H3,(H,30,33)(H2,28,29,31,32). The van der Waals surface area contributed by atoms with Crippen molar-refractivity contribution in [3.63, 3.8) is 0 Å². The van der Waals surface area contributed by atoms with Crippen LogP contribution in [0.4, 0.5) is 28.8 Å². The van der Waals surface area contributed by atoms with Gasteiger partial charge in [0, 0.05) is 34.4 Å². The third-order valence-electron chi connectivity index (χ3n) is 5.06. The number of benzene rings is 3. The average molecular weight is 438 g/mol. The van der Waals surface area contributed by atoms with Crippen LogP contribution in [-0.2, 0) is 0 Å². The van der Waals surface area contributed by atoms with Gasteiger partial charge in [-0.25, -0.2) is 4.98 Å². The number of nitrogens with one attached hydrogen (secondary N) is 3. The van der Waals surface area contributed by atoms with E-state index in [1.165, 1.54) is 5.56 Å². The number of aryl methyl sites for hydroxylation is 4. The third kappa shape index (κ3) is 5.95. The van der Waals surface area contributed by atoms with Crippen LogP contribution in [0.15, 0.2) is 72.8 Å². The zero-order chi connectivity index (χ0) is 23.4. The van der Waals surface area contributed by atoms with Crippen LogP contribution in [0.1, 0.15) is 32.7 Å². The van der Waals surface area contributed by atoms with Gasteiger partial charge in [0.05, 0.1) is 0 Å². The van der Waals surface area contributed by atoms with Crippen LogP contribution in [0.3, 0.4) is 0 Å². The third-order valence-corrected chi connectivity index (χ3v) is 5.06. The highest BCUT2D eigenvalue weighted by Gasteiger charge is 2.08. The highest BCUT2D eigenvalue weighted by Crippen LogP contribution is 2.21. The molecule has 0 fully saturated rings. The molecule has 0 aliphatic carbocycles. The predicted octanol–water partition coefficient (Wildman–Crippen LogP) is 6.45. The lowest BCUT2D eigenvalue weighted by molar-refractivity contribution is 0.102. The summed E-state index contributed by atoms with van der Waals surface area (Å²) in [6.45, 7) is 7.96. The maximum Gasteiger partial charge on any atom is 0.255 e. The second-order valence-corrected chi connectivity index (χ2v) is 8.24. The Labute approximate surface area is 194 Å². The van der Waals surface area contributed by atoms with E-state index in [1.807, 2.05) is 81.4 Å². The van der Waals surface area contributed by atoms with Gasteiger partial charge >= 0.3 is 0 Å². The Morgan fingerprint density at radius 2 is 1.21 bits per heavy atom. The fourth-order valence-corrected chi connectivity index (χ4v) is 3.55. The molecule has 3 aromatic carbocycles. The van der Waals surface area contributed by atoms with Gasteiger partial charge in [-0.05, 0) is 76.2 Å². The Kier molecular flexibility index (Phi) is 6.36. The number of hydrogen-bond acceptors (Lipinski definition) is 5. The van der Waals surface area contributed by atoms with E-state index < -0.39 is 0 Å². The first-order valence-electron chi connectivity index (χ1n) is 10.8. The SMILES string of the molecule is Cc1ccc(Nc2cc(C)nc(Nc3ccc(NC(=O)c4cc(C)cc(C)c4)cc3)n2)cc1. The molecule has 0 aliphatic rings. The van der Waals surface area contributed by atoms with Crippen molar-refractivity contribution in [1.29, 1.82) is 0 Å². The van der Waals surface area contributed by atoms with Gasteiger partial charge in [0.1, 0.15) is 5.82 Å². The Hall–Kier alpha value is -4.19. The lowest BCUT2D eigenvalue weighted by atomic mass is 10.1. The largest absolute Gasteiger partial charge is 0.340 e. The van der Waals surface area contributed by atoms with Crippen molar-refractivity contribution in [2.45, 2.75) is 27.7 Å². The van der Waals surface area contributed by atoms with Crippen molar-refractivity contribution in [2.24, 2.45) is 0 Å². The zero-order valence-corrected chi connectivity index (χ0v) is 19.2. The second-order valence-electron chi connectivity index (χ2n) is 8.24. The van der Waals surface area contributed by atoms with E-state index in [9.17, 15) is 4.79 Å². The Morgan fingerprint density at radius 1 is 0.636 bits per heavy atom. The minimum atomic E-state index is -0.128. The van der Waals surface area contributed by atoms with Gasteiger partial charge in [0.2, 0.25) is 5.95 Å². The van der Waals surface area contributed by atoms with Crippen LogP contribution in [0.5, 0.6) is 0 Å². The van der Waals surface area contributed by atoms with E-state index in [-0.39, 0.29) is 5.91 Å². The fourth-order valence-electron chi connectivity index (χ4n) is 3.55. The molecular weight excluding hydrogens is 410 g/mol. The summed E-state index contributed by atoms with van der Waals surface area (Å²) in [4.78, 5) is 21.6. The molecule has 0 saturated heterocycles. The van der Waals surface area contributed by atoms with Crippen molar-refractivity contribution < 1.29 is 4.79 Å². The molecule has 33 heavy (non-hydrogen) atoms.